The third-order valence-electron chi connectivity index (χ3n) is 4.09. The van der Waals surface area contributed by atoms with Gasteiger partial charge in [0, 0.05) is 17.8 Å². The number of hydrogen-bond donors (Lipinski definition) is 1. The quantitative estimate of drug-likeness (QED) is 0.835. The van der Waals surface area contributed by atoms with Crippen LogP contribution in [0.25, 0.3) is 0 Å². The third kappa shape index (κ3) is 4.54. The van der Waals surface area contributed by atoms with E-state index in [-0.39, 0.29) is 5.41 Å². The molecule has 19 heavy (non-hydrogen) atoms. The zero-order chi connectivity index (χ0) is 13.7. The molecule has 0 bridgehead atoms. The normalized spacial score (nSPS) is 21.5. The van der Waals surface area contributed by atoms with Gasteiger partial charge in [0.2, 0.25) is 0 Å². The smallest absolute Gasteiger partial charge is 0.0172 e. The zero-order valence-corrected chi connectivity index (χ0v) is 13.3. The average Bonchev–Trinajstić information content (AvgIpc) is 2.90. The van der Waals surface area contributed by atoms with Crippen LogP contribution in [0.4, 0.5) is 0 Å². The van der Waals surface area contributed by atoms with Crippen LogP contribution in [0, 0.1) is 0 Å². The lowest BCUT2D eigenvalue weighted by atomic mass is 9.79. The van der Waals surface area contributed by atoms with E-state index in [0.717, 1.165) is 5.25 Å². The van der Waals surface area contributed by atoms with Crippen molar-refractivity contribution in [2.45, 2.75) is 56.7 Å². The Labute approximate surface area is 122 Å². The molecule has 2 heteroatoms. The molecule has 1 aliphatic heterocycles. The van der Waals surface area contributed by atoms with E-state index in [1.807, 2.05) is 0 Å². The molecule has 106 valence electrons. The van der Waals surface area contributed by atoms with Crippen molar-refractivity contribution in [3.8, 4) is 0 Å². The third-order valence-corrected chi connectivity index (χ3v) is 5.49. The monoisotopic (exact) mass is 277 g/mol. The maximum Gasteiger partial charge on any atom is 0.0172 e. The summed E-state index contributed by atoms with van der Waals surface area (Å²) < 4.78 is 0. The van der Waals surface area contributed by atoms with Crippen molar-refractivity contribution in [2.24, 2.45) is 0 Å². The van der Waals surface area contributed by atoms with Gasteiger partial charge in [0.15, 0.2) is 0 Å². The summed E-state index contributed by atoms with van der Waals surface area (Å²) in [6, 6.07) is 11.5. The van der Waals surface area contributed by atoms with E-state index in [1.165, 1.54) is 37.1 Å². The van der Waals surface area contributed by atoms with Gasteiger partial charge in [-0.05, 0) is 42.9 Å². The van der Waals surface area contributed by atoms with Crippen LogP contribution in [0.1, 0.15) is 45.6 Å². The highest BCUT2D eigenvalue weighted by Gasteiger charge is 2.24. The highest BCUT2D eigenvalue weighted by molar-refractivity contribution is 8.00. The molecule has 1 saturated heterocycles. The molecule has 0 amide bonds. The number of thioether (sulfide) groups is 1. The zero-order valence-electron chi connectivity index (χ0n) is 12.5. The summed E-state index contributed by atoms with van der Waals surface area (Å²) in [5.41, 5.74) is 1.69. The fourth-order valence-corrected chi connectivity index (χ4v) is 4.20. The van der Waals surface area contributed by atoms with Crippen molar-refractivity contribution >= 4 is 11.8 Å². The Morgan fingerprint density at radius 2 is 2.05 bits per heavy atom. The van der Waals surface area contributed by atoms with Gasteiger partial charge in [-0.3, -0.25) is 0 Å². The number of nitrogens with one attached hydrogen (secondary N) is 1. The molecule has 1 N–H and O–H groups in total. The Hall–Kier alpha value is -0.470. The summed E-state index contributed by atoms with van der Waals surface area (Å²) in [5.74, 6) is 1.36. The van der Waals surface area contributed by atoms with Crippen molar-refractivity contribution in [2.75, 3.05) is 12.3 Å². The molecule has 1 aliphatic rings. The molecule has 1 aromatic carbocycles. The maximum atomic E-state index is 3.73. The van der Waals surface area contributed by atoms with Gasteiger partial charge in [-0.25, -0.2) is 0 Å². The van der Waals surface area contributed by atoms with E-state index in [4.69, 9.17) is 0 Å². The molecule has 0 radical (unpaired) electrons. The van der Waals surface area contributed by atoms with Crippen LogP contribution >= 0.6 is 11.8 Å². The summed E-state index contributed by atoms with van der Waals surface area (Å²) in [4.78, 5) is 0. The molecular formula is C17H27NS. The second kappa shape index (κ2) is 6.81. The van der Waals surface area contributed by atoms with Crippen LogP contribution in [-0.4, -0.2) is 23.6 Å². The second-order valence-corrected chi connectivity index (χ2v) is 7.81. The SMILES string of the molecule is CC(CC(C)(C)c1ccccc1)NCC1CCCS1. The molecular weight excluding hydrogens is 250 g/mol. The van der Waals surface area contributed by atoms with E-state index in [1.54, 1.807) is 0 Å². The van der Waals surface area contributed by atoms with Gasteiger partial charge in [0.25, 0.3) is 0 Å². The van der Waals surface area contributed by atoms with Crippen LogP contribution in [0.15, 0.2) is 30.3 Å². The predicted octanol–water partition coefficient (Wildman–Crippen LogP) is 4.23. The summed E-state index contributed by atoms with van der Waals surface area (Å²) in [6.45, 7) is 8.21. The van der Waals surface area contributed by atoms with E-state index in [0.29, 0.717) is 6.04 Å². The summed E-state index contributed by atoms with van der Waals surface area (Å²) in [5, 5.41) is 4.58. The van der Waals surface area contributed by atoms with E-state index in [2.05, 4.69) is 68.2 Å². The van der Waals surface area contributed by atoms with Gasteiger partial charge >= 0.3 is 0 Å². The van der Waals surface area contributed by atoms with Crippen molar-refractivity contribution in [1.29, 1.82) is 0 Å². The minimum atomic E-state index is 0.247. The maximum absolute atomic E-state index is 3.73. The first kappa shape index (κ1) is 14.9. The molecule has 0 aromatic heterocycles. The molecule has 0 aliphatic carbocycles. The molecule has 0 spiro atoms. The molecule has 1 aromatic rings. The van der Waals surface area contributed by atoms with Gasteiger partial charge in [-0.2, -0.15) is 11.8 Å². The van der Waals surface area contributed by atoms with Crippen LogP contribution in [0.5, 0.6) is 0 Å². The van der Waals surface area contributed by atoms with Crippen molar-refractivity contribution in [1.82, 2.24) is 5.32 Å². The van der Waals surface area contributed by atoms with Gasteiger partial charge in [0.1, 0.15) is 0 Å². The predicted molar refractivity (Wildman–Crippen MR) is 87.0 cm³/mol. The first-order valence-corrected chi connectivity index (χ1v) is 8.53. The lowest BCUT2D eigenvalue weighted by Gasteiger charge is -2.29. The fraction of sp³-hybridized carbons (Fsp3) is 0.647. The van der Waals surface area contributed by atoms with Gasteiger partial charge in [0.05, 0.1) is 0 Å². The second-order valence-electron chi connectivity index (χ2n) is 6.40. The molecule has 1 nitrogen and oxygen atoms in total. The number of benzene rings is 1. The Kier molecular flexibility index (Phi) is 5.35. The van der Waals surface area contributed by atoms with Crippen LogP contribution < -0.4 is 5.32 Å². The fourth-order valence-electron chi connectivity index (χ4n) is 2.98. The summed E-state index contributed by atoms with van der Waals surface area (Å²) in [7, 11) is 0. The number of hydrogen-bond acceptors (Lipinski definition) is 2. The Morgan fingerprint density at radius 1 is 1.32 bits per heavy atom. The Bertz CT molecular complexity index is 368. The van der Waals surface area contributed by atoms with Crippen molar-refractivity contribution < 1.29 is 0 Å². The molecule has 1 heterocycles. The minimum absolute atomic E-state index is 0.247. The minimum Gasteiger partial charge on any atom is -0.313 e. The lowest BCUT2D eigenvalue weighted by molar-refractivity contribution is 0.389. The van der Waals surface area contributed by atoms with Gasteiger partial charge in [-0.1, -0.05) is 44.2 Å². The molecule has 1 fully saturated rings. The van der Waals surface area contributed by atoms with Crippen LogP contribution in [-0.2, 0) is 5.41 Å². The highest BCUT2D eigenvalue weighted by Crippen LogP contribution is 2.29. The summed E-state index contributed by atoms with van der Waals surface area (Å²) >= 11 is 2.14. The van der Waals surface area contributed by atoms with E-state index < -0.39 is 0 Å². The first-order chi connectivity index (χ1) is 9.08. The van der Waals surface area contributed by atoms with Gasteiger partial charge in [-0.15, -0.1) is 0 Å². The van der Waals surface area contributed by atoms with Crippen LogP contribution in [0.3, 0.4) is 0 Å². The molecule has 2 atom stereocenters. The Balaban J connectivity index is 1.81. The van der Waals surface area contributed by atoms with E-state index in [9.17, 15) is 0 Å². The molecule has 2 rings (SSSR count). The molecule has 2 unspecified atom stereocenters. The average molecular weight is 277 g/mol. The van der Waals surface area contributed by atoms with Crippen LogP contribution in [0.2, 0.25) is 0 Å². The summed E-state index contributed by atoms with van der Waals surface area (Å²) in [6.07, 6.45) is 3.99. The van der Waals surface area contributed by atoms with Crippen molar-refractivity contribution in [3.05, 3.63) is 35.9 Å². The standard InChI is InChI=1S/C17H27NS/c1-14(18-13-16-10-7-11-19-16)12-17(2,3)15-8-5-4-6-9-15/h4-6,8-9,14,16,18H,7,10-13H2,1-3H3. The molecule has 0 saturated carbocycles. The van der Waals surface area contributed by atoms with Crippen molar-refractivity contribution in [3.63, 3.8) is 0 Å². The Morgan fingerprint density at radius 3 is 2.68 bits per heavy atom. The lowest BCUT2D eigenvalue weighted by Crippen LogP contribution is -2.36. The topological polar surface area (TPSA) is 12.0 Å². The van der Waals surface area contributed by atoms with E-state index >= 15 is 0 Å². The first-order valence-electron chi connectivity index (χ1n) is 7.48. The number of rotatable bonds is 6. The highest BCUT2D eigenvalue weighted by atomic mass is 32.2. The van der Waals surface area contributed by atoms with Gasteiger partial charge < -0.3 is 5.32 Å². The largest absolute Gasteiger partial charge is 0.313 e.